The Morgan fingerprint density at radius 1 is 1.29 bits per heavy atom. The Kier molecular flexibility index (Phi) is 5.19. The van der Waals surface area contributed by atoms with Crippen LogP contribution in [0.15, 0.2) is 24.3 Å². The molecule has 1 amide bonds. The fraction of sp³-hybridized carbons (Fsp3) is 0.579. The highest BCUT2D eigenvalue weighted by molar-refractivity contribution is 5.98. The molecule has 2 aliphatic heterocycles. The number of para-hydroxylation sites is 1. The van der Waals surface area contributed by atoms with Crippen LogP contribution in [0.4, 0.5) is 5.69 Å². The Hall–Kier alpha value is -1.88. The zero-order valence-corrected chi connectivity index (χ0v) is 14.3. The van der Waals surface area contributed by atoms with Gasteiger partial charge < -0.3 is 10.0 Å². The van der Waals surface area contributed by atoms with Gasteiger partial charge in [0, 0.05) is 25.2 Å². The Balaban J connectivity index is 1.62. The monoisotopic (exact) mass is 330 g/mol. The number of carbonyl (C=O) groups excluding carboxylic acids is 1. The molecule has 0 saturated carbocycles. The van der Waals surface area contributed by atoms with Gasteiger partial charge in [0.1, 0.15) is 0 Å². The zero-order valence-electron chi connectivity index (χ0n) is 14.3. The van der Waals surface area contributed by atoms with Crippen LogP contribution in [0.3, 0.4) is 0 Å². The van der Waals surface area contributed by atoms with Gasteiger partial charge in [0.05, 0.1) is 6.04 Å². The fourth-order valence-electron chi connectivity index (χ4n) is 3.96. The van der Waals surface area contributed by atoms with E-state index in [1.54, 1.807) is 0 Å². The highest BCUT2D eigenvalue weighted by Crippen LogP contribution is 2.29. The normalized spacial score (nSPS) is 22.2. The number of hydrogen-bond donors (Lipinski definition) is 1. The maximum absolute atomic E-state index is 13.0. The van der Waals surface area contributed by atoms with Crippen LogP contribution in [0.2, 0.25) is 0 Å². The molecule has 1 aromatic rings. The number of carboxylic acids is 1. The van der Waals surface area contributed by atoms with E-state index in [4.69, 9.17) is 5.11 Å². The summed E-state index contributed by atoms with van der Waals surface area (Å²) in [6.45, 7) is 4.50. The van der Waals surface area contributed by atoms with Crippen molar-refractivity contribution >= 4 is 17.6 Å². The quantitative estimate of drug-likeness (QED) is 0.901. The summed E-state index contributed by atoms with van der Waals surface area (Å²) in [5, 5.41) is 8.87. The Morgan fingerprint density at radius 2 is 2.08 bits per heavy atom. The summed E-state index contributed by atoms with van der Waals surface area (Å²) in [5.74, 6) is -0.181. The predicted octanol–water partition coefficient (Wildman–Crippen LogP) is 2.54. The number of aliphatic carboxylic acids is 1. The number of nitrogens with zero attached hydrogens (tertiary/aromatic N) is 2. The summed E-state index contributed by atoms with van der Waals surface area (Å²) in [5.41, 5.74) is 2.30. The van der Waals surface area contributed by atoms with Crippen LogP contribution in [-0.4, -0.2) is 47.6 Å². The molecule has 5 nitrogen and oxygen atoms in total. The molecular formula is C19H26N2O3. The first-order valence-electron chi connectivity index (χ1n) is 8.91. The third-order valence-electron chi connectivity index (χ3n) is 5.38. The minimum atomic E-state index is -0.732. The molecule has 2 aliphatic rings. The van der Waals surface area contributed by atoms with Gasteiger partial charge in [-0.25, -0.2) is 0 Å². The topological polar surface area (TPSA) is 60.9 Å². The van der Waals surface area contributed by atoms with Crippen molar-refractivity contribution in [2.24, 2.45) is 5.92 Å². The average molecular weight is 330 g/mol. The van der Waals surface area contributed by atoms with Gasteiger partial charge in [-0.3, -0.25) is 14.5 Å². The molecule has 130 valence electrons. The second-order valence-corrected chi connectivity index (χ2v) is 6.98. The second-order valence-electron chi connectivity index (χ2n) is 6.98. The molecule has 3 rings (SSSR count). The Morgan fingerprint density at radius 3 is 2.88 bits per heavy atom. The third-order valence-corrected chi connectivity index (χ3v) is 5.38. The van der Waals surface area contributed by atoms with Gasteiger partial charge in [-0.05, 0) is 56.7 Å². The number of anilines is 1. The molecule has 0 aromatic heterocycles. The lowest BCUT2D eigenvalue weighted by atomic mass is 9.92. The molecule has 1 fully saturated rings. The zero-order chi connectivity index (χ0) is 17.1. The molecule has 0 spiro atoms. The van der Waals surface area contributed by atoms with Crippen molar-refractivity contribution in [1.82, 2.24) is 4.90 Å². The van der Waals surface area contributed by atoms with E-state index in [1.165, 1.54) is 5.56 Å². The lowest BCUT2D eigenvalue weighted by molar-refractivity contribution is -0.137. The highest BCUT2D eigenvalue weighted by Gasteiger charge is 2.33. The summed E-state index contributed by atoms with van der Waals surface area (Å²) in [7, 11) is 0. The van der Waals surface area contributed by atoms with Crippen molar-refractivity contribution in [3.63, 3.8) is 0 Å². The van der Waals surface area contributed by atoms with Crippen molar-refractivity contribution in [2.75, 3.05) is 24.5 Å². The molecule has 0 bridgehead atoms. The standard InChI is InChI=1S/C19H26N2O3/c1-14(20-11-4-5-15(13-20)8-9-18(22)23)19(24)21-12-10-16-6-2-3-7-17(16)21/h2-3,6-7,14-15H,4-5,8-13H2,1H3,(H,22,23). The number of hydrogen-bond acceptors (Lipinski definition) is 3. The average Bonchev–Trinajstić information content (AvgIpc) is 3.03. The van der Waals surface area contributed by atoms with E-state index in [0.717, 1.165) is 44.6 Å². The van der Waals surface area contributed by atoms with E-state index in [9.17, 15) is 9.59 Å². The van der Waals surface area contributed by atoms with E-state index < -0.39 is 5.97 Å². The molecule has 2 atom stereocenters. The van der Waals surface area contributed by atoms with Crippen molar-refractivity contribution in [3.05, 3.63) is 29.8 Å². The van der Waals surface area contributed by atoms with Crippen molar-refractivity contribution in [2.45, 2.75) is 45.1 Å². The molecule has 1 N–H and O–H groups in total. The highest BCUT2D eigenvalue weighted by atomic mass is 16.4. The lowest BCUT2D eigenvalue weighted by Gasteiger charge is -2.37. The molecule has 24 heavy (non-hydrogen) atoms. The van der Waals surface area contributed by atoms with Gasteiger partial charge in [0.15, 0.2) is 0 Å². The molecule has 1 aromatic carbocycles. The minimum absolute atomic E-state index is 0.149. The molecule has 2 unspecified atom stereocenters. The van der Waals surface area contributed by atoms with E-state index in [0.29, 0.717) is 12.3 Å². The smallest absolute Gasteiger partial charge is 0.303 e. The van der Waals surface area contributed by atoms with E-state index in [2.05, 4.69) is 11.0 Å². The summed E-state index contributed by atoms with van der Waals surface area (Å²) in [6, 6.07) is 7.98. The molecule has 0 radical (unpaired) electrons. The molecule has 2 heterocycles. The second kappa shape index (κ2) is 7.34. The van der Waals surface area contributed by atoms with Gasteiger partial charge in [0.2, 0.25) is 5.91 Å². The molecule has 0 aliphatic carbocycles. The number of amides is 1. The number of rotatable bonds is 5. The van der Waals surface area contributed by atoms with Crippen molar-refractivity contribution in [3.8, 4) is 0 Å². The minimum Gasteiger partial charge on any atom is -0.481 e. The number of fused-ring (bicyclic) bond motifs is 1. The van der Waals surface area contributed by atoms with Crippen LogP contribution in [-0.2, 0) is 16.0 Å². The van der Waals surface area contributed by atoms with Gasteiger partial charge in [-0.15, -0.1) is 0 Å². The van der Waals surface area contributed by atoms with E-state index in [-0.39, 0.29) is 18.4 Å². The maximum atomic E-state index is 13.0. The van der Waals surface area contributed by atoms with Crippen LogP contribution >= 0.6 is 0 Å². The summed E-state index contributed by atoms with van der Waals surface area (Å²) >= 11 is 0. The number of piperidine rings is 1. The summed E-state index contributed by atoms with van der Waals surface area (Å²) < 4.78 is 0. The van der Waals surface area contributed by atoms with Crippen LogP contribution in [0.25, 0.3) is 0 Å². The predicted molar refractivity (Wildman–Crippen MR) is 93.1 cm³/mol. The number of likely N-dealkylation sites (tertiary alicyclic amines) is 1. The van der Waals surface area contributed by atoms with Crippen LogP contribution in [0, 0.1) is 5.92 Å². The Bertz CT molecular complexity index is 616. The van der Waals surface area contributed by atoms with Crippen molar-refractivity contribution < 1.29 is 14.7 Å². The van der Waals surface area contributed by atoms with Gasteiger partial charge in [-0.2, -0.15) is 0 Å². The Labute approximate surface area is 143 Å². The molecule has 1 saturated heterocycles. The molecular weight excluding hydrogens is 304 g/mol. The van der Waals surface area contributed by atoms with E-state index in [1.807, 2.05) is 30.0 Å². The van der Waals surface area contributed by atoms with Gasteiger partial charge >= 0.3 is 5.97 Å². The lowest BCUT2D eigenvalue weighted by Crippen LogP contribution is -2.50. The van der Waals surface area contributed by atoms with Crippen LogP contribution in [0.5, 0.6) is 0 Å². The summed E-state index contributed by atoms with van der Waals surface area (Å²) in [4.78, 5) is 27.9. The number of benzene rings is 1. The van der Waals surface area contributed by atoms with Gasteiger partial charge in [-0.1, -0.05) is 18.2 Å². The van der Waals surface area contributed by atoms with Gasteiger partial charge in [0.25, 0.3) is 0 Å². The fourth-order valence-corrected chi connectivity index (χ4v) is 3.96. The number of carbonyl (C=O) groups is 2. The van der Waals surface area contributed by atoms with Crippen LogP contribution < -0.4 is 4.90 Å². The van der Waals surface area contributed by atoms with Crippen LogP contribution in [0.1, 0.15) is 38.2 Å². The third kappa shape index (κ3) is 3.61. The SMILES string of the molecule is CC(C(=O)N1CCc2ccccc21)N1CCCC(CCC(=O)O)C1. The maximum Gasteiger partial charge on any atom is 0.303 e. The first kappa shape index (κ1) is 17.0. The first-order chi connectivity index (χ1) is 11.6. The van der Waals surface area contributed by atoms with E-state index >= 15 is 0 Å². The number of carboxylic acid groups (broad SMARTS) is 1. The van der Waals surface area contributed by atoms with Crippen molar-refractivity contribution in [1.29, 1.82) is 0 Å². The molecule has 5 heteroatoms. The first-order valence-corrected chi connectivity index (χ1v) is 8.91. The summed E-state index contributed by atoms with van der Waals surface area (Å²) in [6.07, 6.45) is 3.96. The largest absolute Gasteiger partial charge is 0.481 e.